The number of alkyl halides is 1. The Morgan fingerprint density at radius 2 is 1.82 bits per heavy atom. The fourth-order valence-corrected chi connectivity index (χ4v) is 5.56. The molecule has 3 aliphatic carbocycles. The van der Waals surface area contributed by atoms with Crippen LogP contribution in [-0.4, -0.2) is 66.9 Å². The second-order valence-corrected chi connectivity index (χ2v) is 10.5. The summed E-state index contributed by atoms with van der Waals surface area (Å²) in [6, 6.07) is 0. The zero-order valence-electron chi connectivity index (χ0n) is 19.5. The minimum absolute atomic E-state index is 0.0529. The standard InChI is InChI=1S/C26H37FN2O4/c27-24-17-22(6-5-20(24)16-25(30)28-10-2-11-28)32-14-9-19-15-23(19)18-7-12-29(13-8-18)26(31)33-21-3-1-4-21/h5-6,17-21,23-24H,1-4,7-16H2/t19-,20?,23-,24?/m1/s1. The van der Waals surface area contributed by atoms with Crippen molar-refractivity contribution in [3.63, 3.8) is 0 Å². The quantitative estimate of drug-likeness (QED) is 0.537. The van der Waals surface area contributed by atoms with Crippen LogP contribution in [0.5, 0.6) is 0 Å². The molecule has 2 heterocycles. The van der Waals surface area contributed by atoms with Crippen LogP contribution in [0.2, 0.25) is 0 Å². The number of rotatable bonds is 8. The molecule has 33 heavy (non-hydrogen) atoms. The molecule has 0 bridgehead atoms. The number of carbonyl (C=O) groups is 2. The van der Waals surface area contributed by atoms with Crippen LogP contribution in [0.25, 0.3) is 0 Å². The van der Waals surface area contributed by atoms with Crippen LogP contribution in [0.3, 0.4) is 0 Å². The number of piperidine rings is 1. The third-order valence-electron chi connectivity index (χ3n) is 8.32. The third kappa shape index (κ3) is 5.55. The maximum Gasteiger partial charge on any atom is 0.410 e. The first-order valence-electron chi connectivity index (χ1n) is 13.0. The van der Waals surface area contributed by atoms with Crippen molar-refractivity contribution in [1.82, 2.24) is 9.80 Å². The van der Waals surface area contributed by atoms with Crippen LogP contribution in [0.4, 0.5) is 9.18 Å². The van der Waals surface area contributed by atoms with E-state index in [0.29, 0.717) is 24.2 Å². The summed E-state index contributed by atoms with van der Waals surface area (Å²) in [7, 11) is 0. The number of carbonyl (C=O) groups excluding carboxylic acids is 2. The van der Waals surface area contributed by atoms with Gasteiger partial charge >= 0.3 is 6.09 Å². The molecular formula is C26H37FN2O4. The highest BCUT2D eigenvalue weighted by Gasteiger charge is 2.43. The number of amides is 2. The molecule has 0 aromatic rings. The van der Waals surface area contributed by atoms with Crippen LogP contribution >= 0.6 is 0 Å². The van der Waals surface area contributed by atoms with Gasteiger partial charge in [-0.05, 0) is 81.3 Å². The molecule has 6 nitrogen and oxygen atoms in total. The molecule has 182 valence electrons. The molecule has 4 fully saturated rings. The number of hydrogen-bond acceptors (Lipinski definition) is 4. The summed E-state index contributed by atoms with van der Waals surface area (Å²) >= 11 is 0. The summed E-state index contributed by atoms with van der Waals surface area (Å²) in [5, 5.41) is 0. The normalized spacial score (nSPS) is 32.0. The first-order valence-corrected chi connectivity index (χ1v) is 13.0. The van der Waals surface area contributed by atoms with E-state index in [-0.39, 0.29) is 30.4 Å². The number of halogens is 1. The van der Waals surface area contributed by atoms with E-state index in [1.807, 2.05) is 11.0 Å². The highest BCUT2D eigenvalue weighted by atomic mass is 19.1. The van der Waals surface area contributed by atoms with Crippen LogP contribution in [0.1, 0.15) is 57.8 Å². The lowest BCUT2D eigenvalue weighted by Crippen LogP contribution is -2.43. The van der Waals surface area contributed by atoms with E-state index in [0.717, 1.165) is 70.6 Å². The lowest BCUT2D eigenvalue weighted by Gasteiger charge is -2.34. The van der Waals surface area contributed by atoms with Gasteiger partial charge in [-0.1, -0.05) is 6.08 Å². The molecule has 2 saturated carbocycles. The van der Waals surface area contributed by atoms with E-state index < -0.39 is 6.17 Å². The van der Waals surface area contributed by atoms with Gasteiger partial charge in [0.25, 0.3) is 0 Å². The van der Waals surface area contributed by atoms with Crippen molar-refractivity contribution in [2.24, 2.45) is 23.7 Å². The summed E-state index contributed by atoms with van der Waals surface area (Å²) in [6.07, 6.45) is 12.9. The van der Waals surface area contributed by atoms with E-state index in [1.54, 1.807) is 11.0 Å². The Hall–Kier alpha value is -2.05. The van der Waals surface area contributed by atoms with Crippen molar-refractivity contribution < 1.29 is 23.5 Å². The molecule has 0 radical (unpaired) electrons. The van der Waals surface area contributed by atoms with Crippen molar-refractivity contribution in [2.45, 2.75) is 70.1 Å². The number of likely N-dealkylation sites (tertiary alicyclic amines) is 2. The number of ether oxygens (including phenoxy) is 2. The monoisotopic (exact) mass is 460 g/mol. The summed E-state index contributed by atoms with van der Waals surface area (Å²) < 4.78 is 25.9. The minimum atomic E-state index is -1.16. The van der Waals surface area contributed by atoms with E-state index >= 15 is 0 Å². The largest absolute Gasteiger partial charge is 0.494 e. The predicted octanol–water partition coefficient (Wildman–Crippen LogP) is 4.46. The Morgan fingerprint density at radius 1 is 1.03 bits per heavy atom. The molecule has 2 amide bonds. The first-order chi connectivity index (χ1) is 16.1. The Morgan fingerprint density at radius 3 is 2.45 bits per heavy atom. The van der Waals surface area contributed by atoms with E-state index in [1.165, 1.54) is 18.9 Å². The maximum atomic E-state index is 14.5. The molecule has 2 aliphatic heterocycles. The fraction of sp³-hybridized carbons (Fsp3) is 0.769. The lowest BCUT2D eigenvalue weighted by atomic mass is 9.90. The number of nitrogens with zero attached hydrogens (tertiary/aromatic N) is 2. The molecule has 5 rings (SSSR count). The van der Waals surface area contributed by atoms with E-state index in [9.17, 15) is 14.0 Å². The Bertz CT molecular complexity index is 783. The van der Waals surface area contributed by atoms with Crippen molar-refractivity contribution in [1.29, 1.82) is 0 Å². The Balaban J connectivity index is 0.964. The maximum absolute atomic E-state index is 14.5. The predicted molar refractivity (Wildman–Crippen MR) is 122 cm³/mol. The average molecular weight is 461 g/mol. The summed E-state index contributed by atoms with van der Waals surface area (Å²) in [5.74, 6) is 2.37. The molecule has 2 unspecified atom stereocenters. The molecule has 0 aromatic carbocycles. The molecule has 4 atom stereocenters. The topological polar surface area (TPSA) is 59.1 Å². The second-order valence-electron chi connectivity index (χ2n) is 10.5. The number of hydrogen-bond donors (Lipinski definition) is 0. The first kappa shape index (κ1) is 22.7. The van der Waals surface area contributed by atoms with Gasteiger partial charge in [-0.2, -0.15) is 0 Å². The molecule has 5 aliphatic rings. The molecule has 7 heteroatoms. The molecule has 0 spiro atoms. The highest BCUT2D eigenvalue weighted by Crippen LogP contribution is 2.50. The van der Waals surface area contributed by atoms with Gasteiger partial charge in [-0.15, -0.1) is 0 Å². The zero-order chi connectivity index (χ0) is 22.8. The van der Waals surface area contributed by atoms with Gasteiger partial charge in [0.1, 0.15) is 18.0 Å². The molecule has 2 saturated heterocycles. The smallest absolute Gasteiger partial charge is 0.410 e. The average Bonchev–Trinajstić information content (AvgIpc) is 3.51. The highest BCUT2D eigenvalue weighted by molar-refractivity contribution is 5.77. The van der Waals surface area contributed by atoms with Gasteiger partial charge in [0.2, 0.25) is 5.91 Å². The van der Waals surface area contributed by atoms with E-state index in [2.05, 4.69) is 0 Å². The van der Waals surface area contributed by atoms with Crippen molar-refractivity contribution in [2.75, 3.05) is 32.8 Å². The Kier molecular flexibility index (Phi) is 6.93. The van der Waals surface area contributed by atoms with Crippen molar-refractivity contribution in [3.05, 3.63) is 24.0 Å². The fourth-order valence-electron chi connectivity index (χ4n) is 5.56. The molecule has 0 aromatic heterocycles. The van der Waals surface area contributed by atoms with Crippen LogP contribution in [0, 0.1) is 23.7 Å². The van der Waals surface area contributed by atoms with Crippen molar-refractivity contribution in [3.8, 4) is 0 Å². The van der Waals surface area contributed by atoms with E-state index in [4.69, 9.17) is 9.47 Å². The minimum Gasteiger partial charge on any atom is -0.494 e. The van der Waals surface area contributed by atoms with Gasteiger partial charge in [-0.25, -0.2) is 9.18 Å². The van der Waals surface area contributed by atoms with Gasteiger partial charge in [0.05, 0.1) is 6.61 Å². The second kappa shape index (κ2) is 10.1. The van der Waals surface area contributed by atoms with Crippen molar-refractivity contribution >= 4 is 12.0 Å². The summed E-state index contributed by atoms with van der Waals surface area (Å²) in [6.45, 7) is 3.85. The van der Waals surface area contributed by atoms with Crippen LogP contribution in [-0.2, 0) is 14.3 Å². The third-order valence-corrected chi connectivity index (χ3v) is 8.32. The Labute approximate surface area is 196 Å². The SMILES string of the molecule is O=C(CC1C=CC(OCC[C@@H]2C[C@@H]2C2CCN(C(=O)OC3CCC3)CC2)=CC1F)N1CCC1. The van der Waals surface area contributed by atoms with Crippen LogP contribution in [0.15, 0.2) is 24.0 Å². The molecule has 0 N–H and O–H groups in total. The van der Waals surface area contributed by atoms with Crippen LogP contribution < -0.4 is 0 Å². The van der Waals surface area contributed by atoms with Gasteiger partial charge in [0.15, 0.2) is 0 Å². The summed E-state index contributed by atoms with van der Waals surface area (Å²) in [4.78, 5) is 28.0. The van der Waals surface area contributed by atoms with Gasteiger partial charge < -0.3 is 19.3 Å². The molecular weight excluding hydrogens is 423 g/mol. The lowest BCUT2D eigenvalue weighted by molar-refractivity contribution is -0.135. The summed E-state index contributed by atoms with van der Waals surface area (Å²) in [5.41, 5.74) is 0. The van der Waals surface area contributed by atoms with Gasteiger partial charge in [0, 0.05) is 38.5 Å². The zero-order valence-corrected chi connectivity index (χ0v) is 19.5. The van der Waals surface area contributed by atoms with Gasteiger partial charge in [-0.3, -0.25) is 4.79 Å². The number of allylic oxidation sites excluding steroid dienone is 3.